The fourth-order valence-corrected chi connectivity index (χ4v) is 1.32. The van der Waals surface area contributed by atoms with Gasteiger partial charge in [0.2, 0.25) is 0 Å². The van der Waals surface area contributed by atoms with Gasteiger partial charge in [0.25, 0.3) is 0 Å². The first kappa shape index (κ1) is 10.9. The van der Waals surface area contributed by atoms with Gasteiger partial charge in [-0.05, 0) is 0 Å². The molecule has 1 aliphatic rings. The molecule has 0 spiro atoms. The fourth-order valence-electron chi connectivity index (χ4n) is 1.32. The summed E-state index contributed by atoms with van der Waals surface area (Å²) in [6.45, 7) is 5.33. The van der Waals surface area contributed by atoms with Crippen LogP contribution < -0.4 is 5.32 Å². The third-order valence-corrected chi connectivity index (χ3v) is 2.31. The summed E-state index contributed by atoms with van der Waals surface area (Å²) in [5.41, 5.74) is 0.251. The maximum Gasteiger partial charge on any atom is 0.0638 e. The number of methoxy groups -OCH3 is 1. The number of nitrogens with one attached hydrogen (secondary N) is 1. The molecule has 1 atom stereocenters. The summed E-state index contributed by atoms with van der Waals surface area (Å²) in [7, 11) is 1.64. The standard InChI is InChI=1S/C9H19NO3/c1-9(6-13-7-9)5-10-8(3-11)4-12-2/h8,10-11H,3-7H2,1-2H3. The lowest BCUT2D eigenvalue weighted by atomic mass is 9.88. The molecule has 2 N–H and O–H groups in total. The van der Waals surface area contributed by atoms with Crippen molar-refractivity contribution < 1.29 is 14.6 Å². The van der Waals surface area contributed by atoms with Crippen LogP contribution in [0.15, 0.2) is 0 Å². The molecule has 0 aromatic rings. The largest absolute Gasteiger partial charge is 0.395 e. The zero-order valence-corrected chi connectivity index (χ0v) is 8.38. The second-order valence-electron chi connectivity index (χ2n) is 4.02. The number of rotatable bonds is 6. The van der Waals surface area contributed by atoms with E-state index in [0.29, 0.717) is 6.61 Å². The van der Waals surface area contributed by atoms with Gasteiger partial charge in [-0.3, -0.25) is 0 Å². The van der Waals surface area contributed by atoms with Crippen molar-refractivity contribution in [1.29, 1.82) is 0 Å². The number of ether oxygens (including phenoxy) is 2. The van der Waals surface area contributed by atoms with Crippen LogP contribution >= 0.6 is 0 Å². The molecule has 0 aromatic heterocycles. The first-order valence-corrected chi connectivity index (χ1v) is 4.61. The van der Waals surface area contributed by atoms with Crippen LogP contribution in [0.25, 0.3) is 0 Å². The molecule has 0 aromatic carbocycles. The van der Waals surface area contributed by atoms with Gasteiger partial charge < -0.3 is 19.9 Å². The van der Waals surface area contributed by atoms with Crippen LogP contribution in [0.3, 0.4) is 0 Å². The molecular formula is C9H19NO3. The molecule has 13 heavy (non-hydrogen) atoms. The van der Waals surface area contributed by atoms with Gasteiger partial charge in [-0.15, -0.1) is 0 Å². The molecule has 1 aliphatic heterocycles. The summed E-state index contributed by atoms with van der Waals surface area (Å²) < 4.78 is 10.1. The van der Waals surface area contributed by atoms with Crippen LogP contribution in [-0.4, -0.2) is 51.2 Å². The van der Waals surface area contributed by atoms with Gasteiger partial charge in [-0.1, -0.05) is 6.92 Å². The Balaban J connectivity index is 2.15. The molecule has 4 heteroatoms. The molecular weight excluding hydrogens is 170 g/mol. The molecule has 0 radical (unpaired) electrons. The lowest BCUT2D eigenvalue weighted by molar-refractivity contribution is -0.101. The number of aliphatic hydroxyl groups is 1. The normalized spacial score (nSPS) is 22.4. The summed E-state index contributed by atoms with van der Waals surface area (Å²) in [6.07, 6.45) is 0. The first-order chi connectivity index (χ1) is 6.20. The maximum absolute atomic E-state index is 8.97. The zero-order valence-electron chi connectivity index (χ0n) is 8.38. The van der Waals surface area contributed by atoms with Crippen LogP contribution in [0.5, 0.6) is 0 Å². The predicted octanol–water partition coefficient (Wildman–Crippen LogP) is -0.380. The predicted molar refractivity (Wildman–Crippen MR) is 49.7 cm³/mol. The summed E-state index contributed by atoms with van der Waals surface area (Å²) in [5, 5.41) is 12.2. The number of hydrogen-bond acceptors (Lipinski definition) is 4. The highest BCUT2D eigenvalue weighted by Gasteiger charge is 2.33. The van der Waals surface area contributed by atoms with E-state index in [0.717, 1.165) is 19.8 Å². The van der Waals surface area contributed by atoms with Crippen molar-refractivity contribution in [1.82, 2.24) is 5.32 Å². The minimum absolute atomic E-state index is 0.0439. The average Bonchev–Trinajstić information content (AvgIpc) is 2.09. The van der Waals surface area contributed by atoms with E-state index >= 15 is 0 Å². The van der Waals surface area contributed by atoms with Crippen molar-refractivity contribution in [2.45, 2.75) is 13.0 Å². The van der Waals surface area contributed by atoms with Crippen molar-refractivity contribution in [2.75, 3.05) is 40.1 Å². The molecule has 0 aliphatic carbocycles. The Morgan fingerprint density at radius 2 is 2.31 bits per heavy atom. The molecule has 1 rings (SSSR count). The van der Waals surface area contributed by atoms with E-state index in [9.17, 15) is 0 Å². The second kappa shape index (κ2) is 4.91. The van der Waals surface area contributed by atoms with Crippen molar-refractivity contribution in [3.05, 3.63) is 0 Å². The molecule has 1 unspecified atom stereocenters. The molecule has 78 valence electrons. The minimum atomic E-state index is 0.0439. The van der Waals surface area contributed by atoms with Crippen LogP contribution in [0.1, 0.15) is 6.92 Å². The molecule has 1 heterocycles. The Morgan fingerprint density at radius 1 is 1.62 bits per heavy atom. The van der Waals surface area contributed by atoms with Gasteiger partial charge in [-0.25, -0.2) is 0 Å². The van der Waals surface area contributed by atoms with Crippen LogP contribution in [0.4, 0.5) is 0 Å². The van der Waals surface area contributed by atoms with E-state index < -0.39 is 0 Å². The van der Waals surface area contributed by atoms with Crippen molar-refractivity contribution in [3.63, 3.8) is 0 Å². The van der Waals surface area contributed by atoms with Crippen molar-refractivity contribution in [3.8, 4) is 0 Å². The molecule has 1 fully saturated rings. The van der Waals surface area contributed by atoms with E-state index in [4.69, 9.17) is 14.6 Å². The van der Waals surface area contributed by atoms with E-state index in [2.05, 4.69) is 12.2 Å². The Hall–Kier alpha value is -0.160. The Bertz CT molecular complexity index is 148. The Labute approximate surface area is 79.2 Å². The highest BCUT2D eigenvalue weighted by Crippen LogP contribution is 2.25. The highest BCUT2D eigenvalue weighted by atomic mass is 16.5. The lowest BCUT2D eigenvalue weighted by Crippen LogP contribution is -2.51. The topological polar surface area (TPSA) is 50.7 Å². The average molecular weight is 189 g/mol. The summed E-state index contributed by atoms with van der Waals surface area (Å²) in [5.74, 6) is 0. The molecule has 0 saturated carbocycles. The highest BCUT2D eigenvalue weighted by molar-refractivity contribution is 4.84. The van der Waals surface area contributed by atoms with E-state index in [-0.39, 0.29) is 18.1 Å². The van der Waals surface area contributed by atoms with Gasteiger partial charge in [0, 0.05) is 19.1 Å². The maximum atomic E-state index is 8.97. The SMILES string of the molecule is COCC(CO)NCC1(C)COC1. The quantitative estimate of drug-likeness (QED) is 0.598. The molecule has 0 bridgehead atoms. The van der Waals surface area contributed by atoms with Crippen molar-refractivity contribution >= 4 is 0 Å². The number of aliphatic hydroxyl groups excluding tert-OH is 1. The monoisotopic (exact) mass is 189 g/mol. The van der Waals surface area contributed by atoms with Crippen LogP contribution in [0.2, 0.25) is 0 Å². The van der Waals surface area contributed by atoms with Crippen LogP contribution in [-0.2, 0) is 9.47 Å². The smallest absolute Gasteiger partial charge is 0.0638 e. The molecule has 0 amide bonds. The molecule has 1 saturated heterocycles. The van der Waals surface area contributed by atoms with E-state index in [1.807, 2.05) is 0 Å². The number of hydrogen-bond donors (Lipinski definition) is 2. The van der Waals surface area contributed by atoms with Gasteiger partial charge >= 0.3 is 0 Å². The Morgan fingerprint density at radius 3 is 2.69 bits per heavy atom. The summed E-state index contributed by atoms with van der Waals surface area (Å²) >= 11 is 0. The fraction of sp³-hybridized carbons (Fsp3) is 1.00. The van der Waals surface area contributed by atoms with Gasteiger partial charge in [0.15, 0.2) is 0 Å². The third kappa shape index (κ3) is 3.23. The second-order valence-corrected chi connectivity index (χ2v) is 4.02. The van der Waals surface area contributed by atoms with E-state index in [1.54, 1.807) is 7.11 Å². The minimum Gasteiger partial charge on any atom is -0.395 e. The van der Waals surface area contributed by atoms with Gasteiger partial charge in [0.05, 0.1) is 32.5 Å². The Kier molecular flexibility index (Phi) is 4.12. The first-order valence-electron chi connectivity index (χ1n) is 4.61. The third-order valence-electron chi connectivity index (χ3n) is 2.31. The lowest BCUT2D eigenvalue weighted by Gasteiger charge is -2.39. The van der Waals surface area contributed by atoms with Gasteiger partial charge in [0.1, 0.15) is 0 Å². The van der Waals surface area contributed by atoms with Crippen LogP contribution in [0, 0.1) is 5.41 Å². The molecule has 4 nitrogen and oxygen atoms in total. The van der Waals surface area contributed by atoms with Gasteiger partial charge in [-0.2, -0.15) is 0 Å². The summed E-state index contributed by atoms with van der Waals surface area (Å²) in [6, 6.07) is 0.0439. The van der Waals surface area contributed by atoms with Crippen molar-refractivity contribution in [2.24, 2.45) is 5.41 Å². The summed E-state index contributed by atoms with van der Waals surface area (Å²) in [4.78, 5) is 0. The van der Waals surface area contributed by atoms with E-state index in [1.165, 1.54) is 0 Å². The zero-order chi connectivity index (χ0) is 9.73.